The number of hydrogen-bond donors (Lipinski definition) is 0. The highest BCUT2D eigenvalue weighted by Gasteiger charge is 2.31. The van der Waals surface area contributed by atoms with Crippen molar-refractivity contribution >= 4 is 21.7 Å². The quantitative estimate of drug-likeness (QED) is 0.634. The number of hydrogen-bond acceptors (Lipinski definition) is 6. The maximum absolute atomic E-state index is 12.9. The van der Waals surface area contributed by atoms with E-state index >= 15 is 0 Å². The SMILES string of the molecule is CC(=O)c1ccc(S(=O)(=O)N2CCN(C(=O)CN3CCOc4ccccc4C3)CC2)cc1. The Bertz CT molecular complexity index is 1090. The van der Waals surface area contributed by atoms with Gasteiger partial charge in [-0.1, -0.05) is 30.3 Å². The van der Waals surface area contributed by atoms with E-state index in [2.05, 4.69) is 4.90 Å². The number of sulfonamides is 1. The normalized spacial score (nSPS) is 17.8. The largest absolute Gasteiger partial charge is 0.492 e. The number of rotatable bonds is 5. The molecule has 2 aliphatic heterocycles. The summed E-state index contributed by atoms with van der Waals surface area (Å²) in [7, 11) is -3.66. The van der Waals surface area contributed by atoms with E-state index in [4.69, 9.17) is 4.74 Å². The Morgan fingerprint density at radius 1 is 0.938 bits per heavy atom. The van der Waals surface area contributed by atoms with Crippen molar-refractivity contribution < 1.29 is 22.7 Å². The summed E-state index contributed by atoms with van der Waals surface area (Å²) in [4.78, 5) is 28.2. The maximum Gasteiger partial charge on any atom is 0.243 e. The molecule has 2 aromatic carbocycles. The summed E-state index contributed by atoms with van der Waals surface area (Å²) in [5.74, 6) is 0.741. The Morgan fingerprint density at radius 2 is 1.62 bits per heavy atom. The maximum atomic E-state index is 12.9. The van der Waals surface area contributed by atoms with Gasteiger partial charge in [0.15, 0.2) is 5.78 Å². The standard InChI is InChI=1S/C23H27N3O5S/c1-18(27)19-6-8-21(9-7-19)32(29,30)26-12-10-25(11-13-26)23(28)17-24-14-15-31-22-5-3-2-4-20(22)16-24/h2-9H,10-17H2,1H3. The highest BCUT2D eigenvalue weighted by molar-refractivity contribution is 7.89. The number of amides is 1. The van der Waals surface area contributed by atoms with Crippen LogP contribution >= 0.6 is 0 Å². The van der Waals surface area contributed by atoms with Crippen molar-refractivity contribution in [1.82, 2.24) is 14.1 Å². The Balaban J connectivity index is 1.34. The molecule has 1 fully saturated rings. The molecule has 4 rings (SSSR count). The van der Waals surface area contributed by atoms with Gasteiger partial charge in [-0.3, -0.25) is 14.5 Å². The summed E-state index contributed by atoms with van der Waals surface area (Å²) in [6.45, 7) is 4.74. The lowest BCUT2D eigenvalue weighted by Crippen LogP contribution is -2.52. The molecule has 32 heavy (non-hydrogen) atoms. The second-order valence-electron chi connectivity index (χ2n) is 8.03. The molecule has 170 valence electrons. The third kappa shape index (κ3) is 4.85. The number of benzene rings is 2. The Morgan fingerprint density at radius 3 is 2.31 bits per heavy atom. The van der Waals surface area contributed by atoms with Crippen molar-refractivity contribution in [3.63, 3.8) is 0 Å². The van der Waals surface area contributed by atoms with Gasteiger partial charge >= 0.3 is 0 Å². The monoisotopic (exact) mass is 457 g/mol. The zero-order valence-corrected chi connectivity index (χ0v) is 18.9. The number of carbonyl (C=O) groups is 2. The Labute approximate surface area is 188 Å². The Kier molecular flexibility index (Phi) is 6.59. The van der Waals surface area contributed by atoms with Crippen molar-refractivity contribution in [2.45, 2.75) is 18.4 Å². The fraction of sp³-hybridized carbons (Fsp3) is 0.391. The van der Waals surface area contributed by atoms with E-state index in [1.165, 1.54) is 35.5 Å². The minimum absolute atomic E-state index is 0.00719. The first-order chi connectivity index (χ1) is 15.3. The predicted molar refractivity (Wildman–Crippen MR) is 119 cm³/mol. The molecule has 0 saturated carbocycles. The van der Waals surface area contributed by atoms with E-state index < -0.39 is 10.0 Å². The smallest absolute Gasteiger partial charge is 0.243 e. The minimum atomic E-state index is -3.66. The van der Waals surface area contributed by atoms with E-state index in [0.717, 1.165) is 11.3 Å². The van der Waals surface area contributed by atoms with Crippen LogP contribution in [0.3, 0.4) is 0 Å². The molecular formula is C23H27N3O5S. The zero-order chi connectivity index (χ0) is 22.7. The number of carbonyl (C=O) groups excluding carboxylic acids is 2. The van der Waals surface area contributed by atoms with Gasteiger partial charge in [-0.2, -0.15) is 4.31 Å². The third-order valence-electron chi connectivity index (χ3n) is 5.88. The molecule has 0 spiro atoms. The number of para-hydroxylation sites is 1. The summed E-state index contributed by atoms with van der Waals surface area (Å²) in [6, 6.07) is 13.8. The lowest BCUT2D eigenvalue weighted by molar-refractivity contribution is -0.133. The van der Waals surface area contributed by atoms with Crippen molar-refractivity contribution in [1.29, 1.82) is 0 Å². The second-order valence-corrected chi connectivity index (χ2v) is 9.97. The van der Waals surface area contributed by atoms with Crippen LogP contribution < -0.4 is 4.74 Å². The van der Waals surface area contributed by atoms with Gasteiger partial charge in [-0.05, 0) is 25.1 Å². The molecule has 8 nitrogen and oxygen atoms in total. The lowest BCUT2D eigenvalue weighted by atomic mass is 10.2. The molecule has 0 bridgehead atoms. The average molecular weight is 458 g/mol. The summed E-state index contributed by atoms with van der Waals surface area (Å²) in [5, 5.41) is 0. The molecule has 1 amide bonds. The first-order valence-electron chi connectivity index (χ1n) is 10.7. The third-order valence-corrected chi connectivity index (χ3v) is 7.79. The van der Waals surface area contributed by atoms with Crippen molar-refractivity contribution in [3.8, 4) is 5.75 Å². The second kappa shape index (κ2) is 9.40. The van der Waals surface area contributed by atoms with Crippen LogP contribution in [0.5, 0.6) is 5.75 Å². The highest BCUT2D eigenvalue weighted by Crippen LogP contribution is 2.23. The first kappa shape index (κ1) is 22.4. The van der Waals surface area contributed by atoms with Gasteiger partial charge in [0.1, 0.15) is 12.4 Å². The van der Waals surface area contributed by atoms with Crippen LogP contribution in [0.2, 0.25) is 0 Å². The van der Waals surface area contributed by atoms with E-state index in [9.17, 15) is 18.0 Å². The van der Waals surface area contributed by atoms with Gasteiger partial charge in [-0.15, -0.1) is 0 Å². The van der Waals surface area contributed by atoms with Crippen molar-refractivity contribution in [2.75, 3.05) is 45.9 Å². The minimum Gasteiger partial charge on any atom is -0.492 e. The van der Waals surface area contributed by atoms with E-state index in [0.29, 0.717) is 38.3 Å². The van der Waals surface area contributed by atoms with Crippen LogP contribution in [0.15, 0.2) is 53.4 Å². The zero-order valence-electron chi connectivity index (χ0n) is 18.1. The number of nitrogens with zero attached hydrogens (tertiary/aromatic N) is 3. The molecule has 0 radical (unpaired) electrons. The number of Topliss-reactive ketones (excluding diaryl/α,β-unsaturated/α-hetero) is 1. The lowest BCUT2D eigenvalue weighted by Gasteiger charge is -2.35. The molecule has 0 aliphatic carbocycles. The van der Waals surface area contributed by atoms with E-state index in [-0.39, 0.29) is 36.2 Å². The summed E-state index contributed by atoms with van der Waals surface area (Å²) < 4.78 is 33.0. The molecule has 2 aliphatic rings. The van der Waals surface area contributed by atoms with Crippen LogP contribution in [-0.4, -0.2) is 80.1 Å². The van der Waals surface area contributed by atoms with Gasteiger partial charge in [0.25, 0.3) is 0 Å². The molecule has 0 unspecified atom stereocenters. The predicted octanol–water partition coefficient (Wildman–Crippen LogP) is 1.62. The molecule has 0 N–H and O–H groups in total. The molecular weight excluding hydrogens is 430 g/mol. The number of fused-ring (bicyclic) bond motifs is 1. The summed E-state index contributed by atoms with van der Waals surface area (Å²) in [5.41, 5.74) is 1.53. The van der Waals surface area contributed by atoms with Crippen LogP contribution in [0.1, 0.15) is 22.8 Å². The molecule has 1 saturated heterocycles. The number of ketones is 1. The summed E-state index contributed by atoms with van der Waals surface area (Å²) >= 11 is 0. The fourth-order valence-corrected chi connectivity index (χ4v) is 5.42. The highest BCUT2D eigenvalue weighted by atomic mass is 32.2. The molecule has 2 aromatic rings. The topological polar surface area (TPSA) is 87.2 Å². The van der Waals surface area contributed by atoms with Gasteiger partial charge in [0, 0.05) is 50.4 Å². The van der Waals surface area contributed by atoms with Gasteiger partial charge < -0.3 is 9.64 Å². The Hall–Kier alpha value is -2.75. The van der Waals surface area contributed by atoms with Gasteiger partial charge in [0.2, 0.25) is 15.9 Å². The van der Waals surface area contributed by atoms with Gasteiger partial charge in [0.05, 0.1) is 11.4 Å². The summed E-state index contributed by atoms with van der Waals surface area (Å²) in [6.07, 6.45) is 0. The van der Waals surface area contributed by atoms with E-state index in [1.807, 2.05) is 24.3 Å². The van der Waals surface area contributed by atoms with Crippen LogP contribution in [0.25, 0.3) is 0 Å². The molecule has 2 heterocycles. The number of piperazine rings is 1. The van der Waals surface area contributed by atoms with E-state index in [1.54, 1.807) is 4.90 Å². The number of ether oxygens (including phenoxy) is 1. The van der Waals surface area contributed by atoms with Crippen molar-refractivity contribution in [3.05, 3.63) is 59.7 Å². The van der Waals surface area contributed by atoms with Crippen LogP contribution in [-0.2, 0) is 21.4 Å². The fourth-order valence-electron chi connectivity index (χ4n) is 3.99. The van der Waals surface area contributed by atoms with Crippen LogP contribution in [0.4, 0.5) is 0 Å². The van der Waals surface area contributed by atoms with Crippen LogP contribution in [0, 0.1) is 0 Å². The molecule has 0 atom stereocenters. The molecule has 9 heteroatoms. The first-order valence-corrected chi connectivity index (χ1v) is 12.1. The van der Waals surface area contributed by atoms with Crippen molar-refractivity contribution in [2.24, 2.45) is 0 Å². The van der Waals surface area contributed by atoms with Gasteiger partial charge in [-0.25, -0.2) is 8.42 Å². The molecule has 0 aromatic heterocycles. The average Bonchev–Trinajstić information content (AvgIpc) is 3.01.